The molecule has 5 aromatic rings. The van der Waals surface area contributed by atoms with Crippen molar-refractivity contribution in [3.8, 4) is 28.4 Å². The molecule has 37 heavy (non-hydrogen) atoms. The van der Waals surface area contributed by atoms with Gasteiger partial charge in [0.05, 0.1) is 17.1 Å². The summed E-state index contributed by atoms with van der Waals surface area (Å²) in [4.78, 5) is 17.8. The van der Waals surface area contributed by atoms with Crippen LogP contribution in [0.2, 0.25) is 0 Å². The Morgan fingerprint density at radius 2 is 1.54 bits per heavy atom. The van der Waals surface area contributed by atoms with Gasteiger partial charge in [0.2, 0.25) is 0 Å². The molecule has 0 aliphatic carbocycles. The highest BCUT2D eigenvalue weighted by molar-refractivity contribution is 5.90. The molecule has 0 fully saturated rings. The van der Waals surface area contributed by atoms with Crippen LogP contribution >= 0.6 is 0 Å². The summed E-state index contributed by atoms with van der Waals surface area (Å²) in [6.07, 6.45) is 3.41. The lowest BCUT2D eigenvalue weighted by Gasteiger charge is -2.07. The molecule has 0 amide bonds. The smallest absolute Gasteiger partial charge is 0.387 e. The third-order valence-electron chi connectivity index (χ3n) is 5.97. The van der Waals surface area contributed by atoms with Crippen LogP contribution in [0.5, 0.6) is 5.75 Å². The lowest BCUT2D eigenvalue weighted by atomic mass is 10.1. The van der Waals surface area contributed by atoms with E-state index in [0.717, 1.165) is 11.4 Å². The molecule has 186 valence electrons. The minimum atomic E-state index is -2.90. The summed E-state index contributed by atoms with van der Waals surface area (Å²) < 4.78 is 34.7. The first kappa shape index (κ1) is 23.9. The van der Waals surface area contributed by atoms with Crippen LogP contribution < -0.4 is 10.3 Å². The van der Waals surface area contributed by atoms with Gasteiger partial charge in [-0.15, -0.1) is 0 Å². The number of rotatable bonds is 7. The molecular weight excluding hydrogens is 476 g/mol. The van der Waals surface area contributed by atoms with Crippen molar-refractivity contribution in [2.24, 2.45) is 12.0 Å². The van der Waals surface area contributed by atoms with Gasteiger partial charge in [-0.1, -0.05) is 36.4 Å². The fourth-order valence-corrected chi connectivity index (χ4v) is 4.05. The van der Waals surface area contributed by atoms with E-state index in [1.165, 1.54) is 12.1 Å². The number of alkyl halides is 2. The number of aromatic nitrogens is 4. The van der Waals surface area contributed by atoms with Crippen LogP contribution in [0.1, 0.15) is 11.3 Å². The first-order valence-corrected chi connectivity index (χ1v) is 11.5. The molecular formula is C28H23F2N5O2. The molecule has 0 radical (unpaired) electrons. The van der Waals surface area contributed by atoms with Crippen molar-refractivity contribution in [1.82, 2.24) is 19.1 Å². The third kappa shape index (κ3) is 4.84. The van der Waals surface area contributed by atoms with Crippen LogP contribution in [0.3, 0.4) is 0 Å². The monoisotopic (exact) mass is 499 g/mol. The van der Waals surface area contributed by atoms with E-state index in [0.29, 0.717) is 28.2 Å². The highest BCUT2D eigenvalue weighted by Gasteiger charge is 2.17. The SMILES string of the molecule is Cc1c(N=Cc2cn(-c3ccccc3)nc2-c2ccc(OC(F)F)cc2)c(=O)n(-c2ccccc2)n1C. The Hall–Kier alpha value is -4.79. The summed E-state index contributed by atoms with van der Waals surface area (Å²) in [6.45, 7) is -1.07. The average Bonchev–Trinajstić information content (AvgIpc) is 3.42. The van der Waals surface area contributed by atoms with Crippen molar-refractivity contribution in [2.75, 3.05) is 0 Å². The minimum Gasteiger partial charge on any atom is -0.435 e. The molecule has 0 aliphatic heterocycles. The van der Waals surface area contributed by atoms with Crippen LogP contribution in [0, 0.1) is 6.92 Å². The van der Waals surface area contributed by atoms with E-state index in [2.05, 4.69) is 9.73 Å². The lowest BCUT2D eigenvalue weighted by Crippen LogP contribution is -2.19. The summed E-state index contributed by atoms with van der Waals surface area (Å²) in [5.41, 5.74) is 4.26. The fourth-order valence-electron chi connectivity index (χ4n) is 4.05. The second kappa shape index (κ2) is 10.1. The van der Waals surface area contributed by atoms with Crippen molar-refractivity contribution in [3.63, 3.8) is 0 Å². The molecule has 0 saturated carbocycles. The van der Waals surface area contributed by atoms with Crippen LogP contribution in [-0.4, -0.2) is 32.0 Å². The van der Waals surface area contributed by atoms with Gasteiger partial charge in [-0.25, -0.2) is 14.4 Å². The maximum absolute atomic E-state index is 13.3. The number of halogens is 2. The molecule has 0 unspecified atom stereocenters. The van der Waals surface area contributed by atoms with Gasteiger partial charge in [-0.3, -0.25) is 9.48 Å². The minimum absolute atomic E-state index is 0.0535. The van der Waals surface area contributed by atoms with Gasteiger partial charge in [-0.2, -0.15) is 13.9 Å². The van der Waals surface area contributed by atoms with Crippen molar-refractivity contribution < 1.29 is 13.5 Å². The van der Waals surface area contributed by atoms with E-state index in [1.807, 2.05) is 80.8 Å². The quantitative estimate of drug-likeness (QED) is 0.270. The molecule has 2 aromatic heterocycles. The molecule has 7 nitrogen and oxygen atoms in total. The molecule has 0 spiro atoms. The van der Waals surface area contributed by atoms with Gasteiger partial charge in [0.25, 0.3) is 5.56 Å². The maximum atomic E-state index is 13.3. The molecule has 5 rings (SSSR count). The normalized spacial score (nSPS) is 11.5. The van der Waals surface area contributed by atoms with Crippen molar-refractivity contribution in [3.05, 3.63) is 113 Å². The van der Waals surface area contributed by atoms with E-state index >= 15 is 0 Å². The van der Waals surface area contributed by atoms with E-state index in [-0.39, 0.29) is 11.3 Å². The maximum Gasteiger partial charge on any atom is 0.387 e. The van der Waals surface area contributed by atoms with E-state index in [4.69, 9.17) is 5.10 Å². The highest BCUT2D eigenvalue weighted by atomic mass is 19.3. The summed E-state index contributed by atoms with van der Waals surface area (Å²) in [6, 6.07) is 25.1. The summed E-state index contributed by atoms with van der Waals surface area (Å²) in [5, 5.41) is 4.72. The molecule has 0 atom stereocenters. The molecule has 2 heterocycles. The number of aliphatic imine (C=N–C) groups is 1. The number of para-hydroxylation sites is 2. The fraction of sp³-hybridized carbons (Fsp3) is 0.107. The molecule has 3 aromatic carbocycles. The van der Waals surface area contributed by atoms with E-state index < -0.39 is 6.61 Å². The van der Waals surface area contributed by atoms with Crippen LogP contribution in [-0.2, 0) is 7.05 Å². The summed E-state index contributed by atoms with van der Waals surface area (Å²) in [7, 11) is 1.81. The topological polar surface area (TPSA) is 66.3 Å². The average molecular weight is 500 g/mol. The summed E-state index contributed by atoms with van der Waals surface area (Å²) in [5.74, 6) is 0.0535. The third-order valence-corrected chi connectivity index (χ3v) is 5.97. The van der Waals surface area contributed by atoms with Crippen LogP contribution in [0.15, 0.2) is 101 Å². The number of nitrogens with zero attached hydrogens (tertiary/aromatic N) is 5. The molecule has 0 bridgehead atoms. The van der Waals surface area contributed by atoms with Crippen molar-refractivity contribution >= 4 is 11.9 Å². The first-order valence-electron chi connectivity index (χ1n) is 11.5. The van der Waals surface area contributed by atoms with Crippen molar-refractivity contribution in [2.45, 2.75) is 13.5 Å². The Morgan fingerprint density at radius 1 is 0.919 bits per heavy atom. The molecule has 0 aliphatic rings. The van der Waals surface area contributed by atoms with Crippen molar-refractivity contribution in [1.29, 1.82) is 0 Å². The first-order chi connectivity index (χ1) is 17.9. The Balaban J connectivity index is 1.57. The molecule has 9 heteroatoms. The Morgan fingerprint density at radius 3 is 2.16 bits per heavy atom. The number of benzene rings is 3. The van der Waals surface area contributed by atoms with Gasteiger partial charge >= 0.3 is 6.61 Å². The zero-order valence-corrected chi connectivity index (χ0v) is 20.1. The second-order valence-electron chi connectivity index (χ2n) is 8.28. The zero-order chi connectivity index (χ0) is 25.9. The van der Waals surface area contributed by atoms with Gasteiger partial charge < -0.3 is 4.74 Å². The molecule has 0 N–H and O–H groups in total. The number of hydrogen-bond acceptors (Lipinski definition) is 4. The highest BCUT2D eigenvalue weighted by Crippen LogP contribution is 2.26. The predicted molar refractivity (Wildman–Crippen MR) is 139 cm³/mol. The Labute approximate surface area is 211 Å². The number of hydrogen-bond donors (Lipinski definition) is 0. The predicted octanol–water partition coefficient (Wildman–Crippen LogP) is 5.69. The number of ether oxygens (including phenoxy) is 1. The molecule has 0 saturated heterocycles. The standard InChI is InChI=1S/C28H23F2N5O2/c1-19-25(27(36)35(33(19)2)23-11-7-4-8-12-23)31-17-21-18-34(22-9-5-3-6-10-22)32-26(21)20-13-15-24(16-14-20)37-28(29)30/h3-18,28H,1-2H3. The van der Waals surface area contributed by atoms with Gasteiger partial charge in [0, 0.05) is 30.6 Å². The second-order valence-corrected chi connectivity index (χ2v) is 8.28. The van der Waals surface area contributed by atoms with E-state index in [9.17, 15) is 13.6 Å². The Kier molecular flexibility index (Phi) is 6.51. The van der Waals surface area contributed by atoms with Crippen LogP contribution in [0.25, 0.3) is 22.6 Å². The van der Waals surface area contributed by atoms with Crippen LogP contribution in [0.4, 0.5) is 14.5 Å². The largest absolute Gasteiger partial charge is 0.435 e. The summed E-state index contributed by atoms with van der Waals surface area (Å²) >= 11 is 0. The van der Waals surface area contributed by atoms with Gasteiger partial charge in [0.15, 0.2) is 5.69 Å². The van der Waals surface area contributed by atoms with E-state index in [1.54, 1.807) is 32.4 Å². The zero-order valence-electron chi connectivity index (χ0n) is 20.1. The van der Waals surface area contributed by atoms with Gasteiger partial charge in [0.1, 0.15) is 11.4 Å². The Bertz CT molecular complexity index is 1600. The lowest BCUT2D eigenvalue weighted by molar-refractivity contribution is -0.0498. The van der Waals surface area contributed by atoms with Gasteiger partial charge in [-0.05, 0) is 55.5 Å².